The largest absolute Gasteiger partial charge is 0.381 e. The summed E-state index contributed by atoms with van der Waals surface area (Å²) in [6, 6.07) is 2.51. The molecule has 1 spiro atoms. The highest BCUT2D eigenvalue weighted by Gasteiger charge is 2.71. The molecule has 3 nitrogen and oxygen atoms in total. The Morgan fingerprint density at radius 2 is 1.66 bits per heavy atom. The molecule has 4 heteroatoms. The highest BCUT2D eigenvalue weighted by molar-refractivity contribution is 6.66. The van der Waals surface area contributed by atoms with E-state index in [0.717, 1.165) is 12.3 Å². The summed E-state index contributed by atoms with van der Waals surface area (Å²) in [5.41, 5.74) is 4.01. The summed E-state index contributed by atoms with van der Waals surface area (Å²) >= 11 is 0. The Balaban J connectivity index is 1.14. The van der Waals surface area contributed by atoms with E-state index in [-0.39, 0.29) is 5.54 Å². The van der Waals surface area contributed by atoms with Gasteiger partial charge in [-0.15, -0.1) is 0 Å². The number of hydrogen-bond acceptors (Lipinski definition) is 3. The number of hydrogen-bond donors (Lipinski definition) is 0. The van der Waals surface area contributed by atoms with Crippen LogP contribution in [0.2, 0.25) is 11.6 Å². The summed E-state index contributed by atoms with van der Waals surface area (Å²) in [5, 5.41) is 0. The van der Waals surface area contributed by atoms with Crippen LogP contribution in [0.1, 0.15) is 117 Å². The van der Waals surface area contributed by atoms with Crippen molar-refractivity contribution in [2.45, 2.75) is 170 Å². The molecule has 10 atom stereocenters. The first kappa shape index (κ1) is 30.1. The van der Waals surface area contributed by atoms with E-state index in [1.807, 2.05) is 5.57 Å². The summed E-state index contributed by atoms with van der Waals surface area (Å²) in [4.78, 5) is 6.25. The highest BCUT2D eigenvalue weighted by atomic mass is 16.5. The van der Waals surface area contributed by atoms with E-state index in [0.29, 0.717) is 71.9 Å². The van der Waals surface area contributed by atoms with Gasteiger partial charge in [0, 0.05) is 40.8 Å². The van der Waals surface area contributed by atoms with Crippen LogP contribution in [0.5, 0.6) is 0 Å². The smallest absolute Gasteiger partial charge is 0.198 e. The first-order valence-corrected chi connectivity index (χ1v) is 20.4. The molecule has 10 aliphatic rings. The fraction of sp³-hybridized carbons (Fsp3) is 0.721. The van der Waals surface area contributed by atoms with Crippen molar-refractivity contribution in [2.24, 2.45) is 23.2 Å². The Morgan fingerprint density at radius 1 is 0.809 bits per heavy atom. The lowest BCUT2D eigenvalue weighted by Crippen LogP contribution is -2.71. The van der Waals surface area contributed by atoms with Gasteiger partial charge in [0.05, 0.1) is 12.1 Å². The predicted octanol–water partition coefficient (Wildman–Crippen LogP) is 9.62. The van der Waals surface area contributed by atoms with Crippen molar-refractivity contribution >= 4 is 6.71 Å². The van der Waals surface area contributed by atoms with Crippen LogP contribution in [0.4, 0.5) is 0 Å². The maximum Gasteiger partial charge on any atom is 0.198 e. The van der Waals surface area contributed by atoms with Gasteiger partial charge >= 0.3 is 0 Å². The molecule has 6 fully saturated rings. The van der Waals surface area contributed by atoms with Gasteiger partial charge in [0.15, 0.2) is 6.71 Å². The van der Waals surface area contributed by atoms with Crippen molar-refractivity contribution in [1.29, 1.82) is 0 Å². The second-order valence-corrected chi connectivity index (χ2v) is 18.2. The van der Waals surface area contributed by atoms with E-state index < -0.39 is 0 Å². The lowest BCUT2D eigenvalue weighted by Gasteiger charge is -2.63. The van der Waals surface area contributed by atoms with E-state index in [4.69, 9.17) is 4.74 Å². The molecule has 250 valence electrons. The quantitative estimate of drug-likeness (QED) is 0.228. The highest BCUT2D eigenvalue weighted by Crippen LogP contribution is 2.69. The van der Waals surface area contributed by atoms with Crippen molar-refractivity contribution in [3.8, 4) is 0 Å². The molecule has 10 rings (SSSR count). The first-order valence-electron chi connectivity index (χ1n) is 20.4. The average molecular weight is 631 g/mol. The number of fused-ring (bicyclic) bond motifs is 5. The summed E-state index contributed by atoms with van der Waals surface area (Å²) in [7, 11) is 0. The van der Waals surface area contributed by atoms with Crippen molar-refractivity contribution in [3.05, 3.63) is 72.0 Å². The van der Waals surface area contributed by atoms with Crippen LogP contribution in [0.25, 0.3) is 0 Å². The molecule has 0 aromatic carbocycles. The molecule has 4 aliphatic heterocycles. The molecule has 0 aromatic rings. The van der Waals surface area contributed by atoms with Crippen LogP contribution < -0.4 is 0 Å². The zero-order chi connectivity index (χ0) is 31.3. The number of allylic oxidation sites excluding steroid dienone is 7. The van der Waals surface area contributed by atoms with E-state index in [9.17, 15) is 0 Å². The van der Waals surface area contributed by atoms with E-state index in [1.54, 1.807) is 5.70 Å². The van der Waals surface area contributed by atoms with Gasteiger partial charge in [-0.25, -0.2) is 0 Å². The molecule has 10 unspecified atom stereocenters. The topological polar surface area (TPSA) is 15.7 Å². The van der Waals surface area contributed by atoms with Gasteiger partial charge < -0.3 is 9.64 Å². The molecule has 4 saturated heterocycles. The van der Waals surface area contributed by atoms with Gasteiger partial charge in [0.2, 0.25) is 0 Å². The van der Waals surface area contributed by atoms with Gasteiger partial charge in [0.25, 0.3) is 0 Å². The van der Waals surface area contributed by atoms with Gasteiger partial charge in [0.1, 0.15) is 0 Å². The van der Waals surface area contributed by atoms with Gasteiger partial charge in [-0.05, 0) is 113 Å². The normalized spacial score (nSPS) is 44.6. The Kier molecular flexibility index (Phi) is 7.28. The van der Waals surface area contributed by atoms with Crippen molar-refractivity contribution in [2.75, 3.05) is 0 Å². The maximum absolute atomic E-state index is 7.64. The Bertz CT molecular complexity index is 1420. The van der Waals surface area contributed by atoms with E-state index in [1.165, 1.54) is 96.3 Å². The van der Waals surface area contributed by atoms with E-state index >= 15 is 0 Å². The van der Waals surface area contributed by atoms with E-state index in [2.05, 4.69) is 84.4 Å². The Labute approximate surface area is 285 Å². The molecule has 2 saturated carbocycles. The monoisotopic (exact) mass is 630 g/mol. The molecule has 47 heavy (non-hydrogen) atoms. The number of ether oxygens (including phenoxy) is 1. The lowest BCUT2D eigenvalue weighted by atomic mass is 9.23. The SMILES string of the molecule is CC1(C)N2C3=CC(C4C=CCCC4)CC4C3B(C3C=CC=C(C32)C12CCCCC2)C1OC(C2CCCCC2)CC1N4C1C=CC=CC1. The lowest BCUT2D eigenvalue weighted by molar-refractivity contribution is -0.0147. The van der Waals surface area contributed by atoms with Crippen LogP contribution in [-0.4, -0.2) is 58.3 Å². The molecule has 4 heterocycles. The van der Waals surface area contributed by atoms with Crippen LogP contribution in [0, 0.1) is 23.2 Å². The summed E-state index contributed by atoms with van der Waals surface area (Å²) in [6.07, 6.45) is 47.8. The minimum Gasteiger partial charge on any atom is -0.381 e. The van der Waals surface area contributed by atoms with Gasteiger partial charge in [-0.2, -0.15) is 0 Å². The minimum atomic E-state index is 0.135. The maximum atomic E-state index is 7.64. The van der Waals surface area contributed by atoms with Gasteiger partial charge in [-0.1, -0.05) is 99.3 Å². The molecular weight excluding hydrogens is 571 g/mol. The fourth-order valence-corrected chi connectivity index (χ4v) is 14.1. The number of rotatable bonds is 3. The Hall–Kier alpha value is -1.78. The summed E-state index contributed by atoms with van der Waals surface area (Å²) in [5.74, 6) is 3.23. The molecule has 0 bridgehead atoms. The molecule has 6 aliphatic carbocycles. The third-order valence-corrected chi connectivity index (χ3v) is 16.1. The molecule has 0 amide bonds. The first-order chi connectivity index (χ1) is 23.1. The van der Waals surface area contributed by atoms with Gasteiger partial charge in [-0.3, -0.25) is 4.90 Å². The standard InChI is InChI=1S/C43H59BN2O/c1-42(2)43(24-13-6-14-25-43)33-22-15-23-34-40(33)46(42)36-27-31(29-16-7-3-8-17-29)26-35-39(36)44(34)41-37(45(35)32-20-11-5-12-21-32)28-38(47-41)30-18-9-4-10-19-30/h5,7,11-12,15-16,20,22-23,27,29-32,34-35,37-41H,3-4,6,8-10,13-14,17-19,21,24-26,28H2,1-2H3. The zero-order valence-corrected chi connectivity index (χ0v) is 29.3. The zero-order valence-electron chi connectivity index (χ0n) is 29.3. The summed E-state index contributed by atoms with van der Waals surface area (Å²) in [6.45, 7) is 5.94. The van der Waals surface area contributed by atoms with Crippen molar-refractivity contribution in [3.63, 3.8) is 0 Å². The van der Waals surface area contributed by atoms with Crippen LogP contribution >= 0.6 is 0 Å². The second-order valence-electron chi connectivity index (χ2n) is 18.2. The third-order valence-electron chi connectivity index (χ3n) is 16.1. The molecule has 0 radical (unpaired) electrons. The second kappa shape index (κ2) is 11.4. The summed E-state index contributed by atoms with van der Waals surface area (Å²) < 4.78 is 7.64. The minimum absolute atomic E-state index is 0.135. The average Bonchev–Trinajstić information content (AvgIpc) is 3.64. The van der Waals surface area contributed by atoms with Crippen LogP contribution in [0.3, 0.4) is 0 Å². The molecular formula is C43H59BN2O. The van der Waals surface area contributed by atoms with Crippen molar-refractivity contribution < 1.29 is 4.74 Å². The third kappa shape index (κ3) is 4.31. The van der Waals surface area contributed by atoms with Crippen LogP contribution in [-0.2, 0) is 4.74 Å². The Morgan fingerprint density at radius 3 is 2.45 bits per heavy atom. The predicted molar refractivity (Wildman–Crippen MR) is 194 cm³/mol. The molecule has 0 aromatic heterocycles. The molecule has 0 N–H and O–H groups in total. The van der Waals surface area contributed by atoms with Crippen LogP contribution in [0.15, 0.2) is 72.0 Å². The van der Waals surface area contributed by atoms with Crippen molar-refractivity contribution in [1.82, 2.24) is 9.80 Å². The fourth-order valence-electron chi connectivity index (χ4n) is 14.1. The number of nitrogens with zero attached hydrogens (tertiary/aromatic N) is 2.